The Morgan fingerprint density at radius 1 is 1.06 bits per heavy atom. The second kappa shape index (κ2) is 49.3. The number of carbonyl (C=O) groups excluding carboxylic acids is 1. The Labute approximate surface area is 105 Å². The largest absolute Gasteiger partial charge is 0 e. The van der Waals surface area contributed by atoms with Crippen molar-refractivity contribution < 1.29 is 40.6 Å². The second-order valence-electron chi connectivity index (χ2n) is 1.41. The molecule has 0 radical (unpaired) electrons. The van der Waals surface area contributed by atoms with Gasteiger partial charge in [0.25, 0.3) is 0 Å². The van der Waals surface area contributed by atoms with Crippen LogP contribution in [0.3, 0.4) is 0 Å². The van der Waals surface area contributed by atoms with E-state index >= 15 is 0 Å². The van der Waals surface area contributed by atoms with E-state index in [-0.39, 0.29) is 23.0 Å². The van der Waals surface area contributed by atoms with Gasteiger partial charge in [0.2, 0.25) is 0 Å². The zero-order valence-corrected chi connectivity index (χ0v) is 9.81. The molecule has 0 N–H and O–H groups in total. The third-order valence-corrected chi connectivity index (χ3v) is 0.737. The van der Waals surface area contributed by atoms with Gasteiger partial charge < -0.3 is 4.74 Å². The van der Waals surface area contributed by atoms with Gasteiger partial charge in [-0.2, -0.15) is 0 Å². The zero-order chi connectivity index (χ0) is 13.1. The standard InChI is InChI=1S/C7H10O2.3CO.Fe/c1-3-4-5-6-7(8)9-2;3*1-2;/h3-6H,1-2H3;;;;/b4-3+,6-5+;;;;. The number of hydrogen-bond acceptors (Lipinski definition) is 2. The molecular weight excluding hydrogens is 256 g/mol. The van der Waals surface area contributed by atoms with Crippen LogP contribution in [0, 0.1) is 20.0 Å². The fraction of sp³-hybridized carbons (Fsp3) is 0.200. The summed E-state index contributed by atoms with van der Waals surface area (Å²) < 4.78 is 26.8. The minimum atomic E-state index is -0.326. The summed E-state index contributed by atoms with van der Waals surface area (Å²) in [6.07, 6.45) is 6.59. The average Bonchev–Trinajstić information content (AvgIpc) is 2.36. The molecule has 0 rings (SSSR count). The third-order valence-electron chi connectivity index (χ3n) is 0.737. The Hall–Kier alpha value is -1.31. The minimum absolute atomic E-state index is 0. The first kappa shape index (κ1) is 29.3. The van der Waals surface area contributed by atoms with Gasteiger partial charge in [0.05, 0.1) is 7.11 Å². The molecule has 0 atom stereocenters. The molecule has 16 heavy (non-hydrogen) atoms. The molecule has 0 heterocycles. The van der Waals surface area contributed by atoms with Gasteiger partial charge >= 0.3 is 39.9 Å². The molecule has 0 amide bonds. The topological polar surface area (TPSA) is 86.0 Å². The molecular formula is C10H10FeO5. The van der Waals surface area contributed by atoms with Crippen LogP contribution in [-0.4, -0.2) is 13.1 Å². The van der Waals surface area contributed by atoms with Gasteiger partial charge in [-0.05, 0) is 6.92 Å². The van der Waals surface area contributed by atoms with E-state index in [2.05, 4.69) is 24.7 Å². The molecule has 5 nitrogen and oxygen atoms in total. The van der Waals surface area contributed by atoms with Gasteiger partial charge in [-0.15, -0.1) is 0 Å². The van der Waals surface area contributed by atoms with Crippen LogP contribution >= 0.6 is 0 Å². The SMILES string of the molecule is C/C=C/C=C/C(=O)OC.[C-]#[O+].[C-]#[O+].[C-]#[O+].[Fe]. The Bertz CT molecular complexity index is 223. The number of allylic oxidation sites excluding steroid dienone is 3. The zero-order valence-electron chi connectivity index (χ0n) is 8.70. The molecule has 0 aliphatic rings. The van der Waals surface area contributed by atoms with Crippen LogP contribution in [-0.2, 0) is 40.6 Å². The van der Waals surface area contributed by atoms with E-state index in [9.17, 15) is 4.79 Å². The van der Waals surface area contributed by atoms with Gasteiger partial charge in [-0.25, -0.2) is 4.79 Å². The summed E-state index contributed by atoms with van der Waals surface area (Å²) in [5.74, 6) is -0.326. The quantitative estimate of drug-likeness (QED) is 0.187. The normalized spacial score (nSPS) is 6.50. The van der Waals surface area contributed by atoms with Crippen LogP contribution in [0.1, 0.15) is 6.92 Å². The van der Waals surface area contributed by atoms with Gasteiger partial charge in [-0.1, -0.05) is 18.2 Å². The number of ether oxygens (including phenoxy) is 1. The molecule has 88 valence electrons. The van der Waals surface area contributed by atoms with Crippen LogP contribution in [0.2, 0.25) is 0 Å². The fourth-order valence-corrected chi connectivity index (χ4v) is 0.313. The molecule has 0 saturated carbocycles. The third kappa shape index (κ3) is 53.6. The van der Waals surface area contributed by atoms with Crippen molar-refractivity contribution in [3.8, 4) is 0 Å². The average molecular weight is 266 g/mol. The predicted molar refractivity (Wildman–Crippen MR) is 47.8 cm³/mol. The van der Waals surface area contributed by atoms with Gasteiger partial charge in [0.15, 0.2) is 0 Å². The summed E-state index contributed by atoms with van der Waals surface area (Å²) in [5.41, 5.74) is 0. The summed E-state index contributed by atoms with van der Waals surface area (Å²) in [6.45, 7) is 15.4. The van der Waals surface area contributed by atoms with E-state index < -0.39 is 0 Å². The molecule has 0 aromatic heterocycles. The van der Waals surface area contributed by atoms with Crippen LogP contribution in [0.4, 0.5) is 0 Å². The number of carbonyl (C=O) groups is 1. The molecule has 0 spiro atoms. The molecule has 0 aliphatic carbocycles. The van der Waals surface area contributed by atoms with E-state index in [1.807, 2.05) is 13.0 Å². The van der Waals surface area contributed by atoms with E-state index in [0.29, 0.717) is 0 Å². The van der Waals surface area contributed by atoms with Crippen molar-refractivity contribution in [1.29, 1.82) is 0 Å². The van der Waals surface area contributed by atoms with Gasteiger partial charge in [0, 0.05) is 23.1 Å². The second-order valence-corrected chi connectivity index (χ2v) is 1.41. The smallest absolute Gasteiger partial charge is 0 e. The summed E-state index contributed by atoms with van der Waals surface area (Å²) in [4.78, 5) is 10.3. The van der Waals surface area contributed by atoms with Crippen molar-refractivity contribution in [2.24, 2.45) is 0 Å². The molecule has 0 fully saturated rings. The Kier molecular flexibility index (Phi) is 90.3. The Morgan fingerprint density at radius 2 is 1.44 bits per heavy atom. The number of methoxy groups -OCH3 is 1. The summed E-state index contributed by atoms with van der Waals surface area (Å²) >= 11 is 0. The van der Waals surface area contributed by atoms with Crippen molar-refractivity contribution in [1.82, 2.24) is 0 Å². The maximum Gasteiger partial charge on any atom is 0 e. The summed E-state index contributed by atoms with van der Waals surface area (Å²) in [7, 11) is 1.35. The van der Waals surface area contributed by atoms with Crippen LogP contribution in [0.15, 0.2) is 24.3 Å². The monoisotopic (exact) mass is 266 g/mol. The Morgan fingerprint density at radius 3 is 1.69 bits per heavy atom. The molecule has 0 bridgehead atoms. The van der Waals surface area contributed by atoms with Crippen molar-refractivity contribution in [2.45, 2.75) is 6.92 Å². The van der Waals surface area contributed by atoms with E-state index in [4.69, 9.17) is 14.0 Å². The first-order valence-corrected chi connectivity index (χ1v) is 3.29. The molecule has 6 heteroatoms. The van der Waals surface area contributed by atoms with Crippen molar-refractivity contribution in [2.75, 3.05) is 7.11 Å². The van der Waals surface area contributed by atoms with Crippen molar-refractivity contribution in [3.05, 3.63) is 44.3 Å². The van der Waals surface area contributed by atoms with E-state index in [1.54, 1.807) is 12.2 Å². The molecule has 0 saturated heterocycles. The summed E-state index contributed by atoms with van der Waals surface area (Å²) in [5, 5.41) is 0. The maximum atomic E-state index is 10.3. The van der Waals surface area contributed by atoms with Gasteiger partial charge in [-0.3, -0.25) is 0 Å². The number of esters is 1. The minimum Gasteiger partial charge on any atom is 0 e. The van der Waals surface area contributed by atoms with E-state index in [1.165, 1.54) is 13.2 Å². The van der Waals surface area contributed by atoms with Gasteiger partial charge in [0.1, 0.15) is 0 Å². The Balaban J connectivity index is -0.0000000498. The maximum absolute atomic E-state index is 10.3. The van der Waals surface area contributed by atoms with Crippen LogP contribution in [0.5, 0.6) is 0 Å². The summed E-state index contributed by atoms with van der Waals surface area (Å²) in [6, 6.07) is 0. The van der Waals surface area contributed by atoms with E-state index in [0.717, 1.165) is 0 Å². The first-order valence-electron chi connectivity index (χ1n) is 3.29. The molecule has 0 aromatic rings. The molecule has 0 aromatic carbocycles. The first-order chi connectivity index (χ1) is 7.31. The number of hydrogen-bond donors (Lipinski definition) is 0. The molecule has 0 unspecified atom stereocenters. The van der Waals surface area contributed by atoms with Crippen molar-refractivity contribution >= 4 is 5.97 Å². The predicted octanol–water partition coefficient (Wildman–Crippen LogP) is 1.18. The van der Waals surface area contributed by atoms with Crippen LogP contribution < -0.4 is 0 Å². The van der Waals surface area contributed by atoms with Crippen molar-refractivity contribution in [3.63, 3.8) is 0 Å². The number of rotatable bonds is 2. The van der Waals surface area contributed by atoms with Crippen LogP contribution in [0.25, 0.3) is 0 Å². The fourth-order valence-electron chi connectivity index (χ4n) is 0.313. The molecule has 0 aliphatic heterocycles.